The zero-order valence-electron chi connectivity index (χ0n) is 12.9. The fourth-order valence-electron chi connectivity index (χ4n) is 2.70. The number of sulfonamides is 1. The number of nitrogens with zero attached hydrogens (tertiary/aromatic N) is 1. The van der Waals surface area contributed by atoms with E-state index in [9.17, 15) is 27.7 Å². The third kappa shape index (κ3) is 4.06. The summed E-state index contributed by atoms with van der Waals surface area (Å²) in [6.07, 6.45) is 1.89. The number of halogens is 1. The predicted molar refractivity (Wildman–Crippen MR) is 81.1 cm³/mol. The number of rotatable bonds is 5. The molecule has 1 fully saturated rings. The van der Waals surface area contributed by atoms with E-state index in [-0.39, 0.29) is 22.8 Å². The number of nitrogens with one attached hydrogen (secondary N) is 1. The molecule has 10 heteroatoms. The van der Waals surface area contributed by atoms with Gasteiger partial charge in [-0.3, -0.25) is 14.9 Å². The first-order valence-electron chi connectivity index (χ1n) is 7.28. The molecule has 0 heterocycles. The Balaban J connectivity index is 2.06. The van der Waals surface area contributed by atoms with Crippen LogP contribution in [0.1, 0.15) is 25.7 Å². The molecule has 0 amide bonds. The summed E-state index contributed by atoms with van der Waals surface area (Å²) in [5, 5.41) is 10.6. The fourth-order valence-corrected chi connectivity index (χ4v) is 4.02. The summed E-state index contributed by atoms with van der Waals surface area (Å²) >= 11 is 0. The summed E-state index contributed by atoms with van der Waals surface area (Å²) in [4.78, 5) is 20.7. The van der Waals surface area contributed by atoms with Crippen LogP contribution in [0.5, 0.6) is 0 Å². The lowest BCUT2D eigenvalue weighted by Gasteiger charge is -2.27. The minimum Gasteiger partial charge on any atom is -0.469 e. The summed E-state index contributed by atoms with van der Waals surface area (Å²) in [5.74, 6) is -1.77. The van der Waals surface area contributed by atoms with Crippen molar-refractivity contribution in [3.63, 3.8) is 0 Å². The molecule has 0 aliphatic heterocycles. The maximum Gasteiger partial charge on any atom is 0.308 e. The Morgan fingerprint density at radius 2 is 1.96 bits per heavy atom. The first-order valence-corrected chi connectivity index (χ1v) is 8.77. The number of ether oxygens (including phenoxy) is 1. The molecule has 0 bridgehead atoms. The van der Waals surface area contributed by atoms with Gasteiger partial charge in [-0.15, -0.1) is 0 Å². The average Bonchev–Trinajstić information content (AvgIpc) is 2.54. The van der Waals surface area contributed by atoms with Crippen molar-refractivity contribution in [1.29, 1.82) is 0 Å². The second-order valence-electron chi connectivity index (χ2n) is 5.56. The first-order chi connectivity index (χ1) is 11.2. The number of methoxy groups -OCH3 is 1. The van der Waals surface area contributed by atoms with Gasteiger partial charge in [0.2, 0.25) is 15.8 Å². The molecule has 0 spiro atoms. The molecule has 0 unspecified atom stereocenters. The van der Waals surface area contributed by atoms with E-state index in [1.165, 1.54) is 7.11 Å². The summed E-state index contributed by atoms with van der Waals surface area (Å²) in [6.45, 7) is 0. The number of benzene rings is 1. The van der Waals surface area contributed by atoms with Crippen LogP contribution in [0.3, 0.4) is 0 Å². The number of hydrogen-bond donors (Lipinski definition) is 1. The number of nitro groups is 1. The van der Waals surface area contributed by atoms with Gasteiger partial charge in [-0.05, 0) is 31.7 Å². The smallest absolute Gasteiger partial charge is 0.308 e. The Hall–Kier alpha value is -2.07. The van der Waals surface area contributed by atoms with Gasteiger partial charge in [0.15, 0.2) is 0 Å². The minimum atomic E-state index is -4.00. The highest BCUT2D eigenvalue weighted by Gasteiger charge is 2.30. The third-order valence-corrected chi connectivity index (χ3v) is 5.53. The fraction of sp³-hybridized carbons (Fsp3) is 0.500. The Bertz CT molecular complexity index is 744. The first kappa shape index (κ1) is 18.3. The molecule has 1 aliphatic rings. The highest BCUT2D eigenvalue weighted by molar-refractivity contribution is 7.89. The summed E-state index contributed by atoms with van der Waals surface area (Å²) < 4.78 is 45.2. The van der Waals surface area contributed by atoms with Crippen LogP contribution in [0.15, 0.2) is 23.1 Å². The number of nitro benzene ring substituents is 1. The Morgan fingerprint density at radius 1 is 1.33 bits per heavy atom. The molecule has 0 atom stereocenters. The monoisotopic (exact) mass is 360 g/mol. The third-order valence-electron chi connectivity index (χ3n) is 4.01. The number of hydrogen-bond acceptors (Lipinski definition) is 6. The second kappa shape index (κ2) is 7.22. The van der Waals surface area contributed by atoms with Crippen LogP contribution in [0, 0.1) is 21.8 Å². The lowest BCUT2D eigenvalue weighted by molar-refractivity contribution is -0.387. The van der Waals surface area contributed by atoms with Crippen molar-refractivity contribution >= 4 is 21.7 Å². The van der Waals surface area contributed by atoms with Crippen LogP contribution >= 0.6 is 0 Å². The number of esters is 1. The Kier molecular flexibility index (Phi) is 5.50. The molecule has 0 saturated heterocycles. The van der Waals surface area contributed by atoms with Crippen LogP contribution in [0.25, 0.3) is 0 Å². The van der Waals surface area contributed by atoms with E-state index < -0.39 is 26.5 Å². The number of carbonyl (C=O) groups excluding carboxylic acids is 1. The van der Waals surface area contributed by atoms with Crippen LogP contribution in [-0.4, -0.2) is 32.5 Å². The molecule has 1 aliphatic carbocycles. The van der Waals surface area contributed by atoms with Crippen molar-refractivity contribution in [2.75, 3.05) is 7.11 Å². The SMILES string of the molecule is COC(=O)C1CCC(NS(=O)(=O)c2ccc([N+](=O)[O-])c(F)c2)CC1. The van der Waals surface area contributed by atoms with Gasteiger partial charge in [0, 0.05) is 18.2 Å². The Morgan fingerprint density at radius 3 is 2.46 bits per heavy atom. The van der Waals surface area contributed by atoms with Gasteiger partial charge < -0.3 is 4.74 Å². The molecule has 1 aromatic rings. The lowest BCUT2D eigenvalue weighted by atomic mass is 9.86. The quantitative estimate of drug-likeness (QED) is 0.486. The average molecular weight is 360 g/mol. The maximum absolute atomic E-state index is 13.6. The van der Waals surface area contributed by atoms with Gasteiger partial charge in [-0.1, -0.05) is 0 Å². The molecule has 0 radical (unpaired) electrons. The molecular weight excluding hydrogens is 343 g/mol. The van der Waals surface area contributed by atoms with Crippen molar-refractivity contribution in [2.24, 2.45) is 5.92 Å². The van der Waals surface area contributed by atoms with E-state index in [1.807, 2.05) is 0 Å². The molecular formula is C14H17FN2O6S. The highest BCUT2D eigenvalue weighted by atomic mass is 32.2. The molecule has 24 heavy (non-hydrogen) atoms. The Labute approximate surface area is 138 Å². The molecule has 1 N–H and O–H groups in total. The van der Waals surface area contributed by atoms with Gasteiger partial charge in [-0.2, -0.15) is 4.39 Å². The van der Waals surface area contributed by atoms with Crippen molar-refractivity contribution in [2.45, 2.75) is 36.6 Å². The normalized spacial score (nSPS) is 21.2. The second-order valence-corrected chi connectivity index (χ2v) is 7.28. The van der Waals surface area contributed by atoms with Crippen molar-refractivity contribution in [3.8, 4) is 0 Å². The van der Waals surface area contributed by atoms with Crippen molar-refractivity contribution < 1.29 is 27.3 Å². The van der Waals surface area contributed by atoms with E-state index in [4.69, 9.17) is 0 Å². The topological polar surface area (TPSA) is 116 Å². The highest BCUT2D eigenvalue weighted by Crippen LogP contribution is 2.27. The van der Waals surface area contributed by atoms with Crippen LogP contribution in [0.2, 0.25) is 0 Å². The zero-order chi connectivity index (χ0) is 17.9. The van der Waals surface area contributed by atoms with Gasteiger partial charge in [0.25, 0.3) is 0 Å². The van der Waals surface area contributed by atoms with E-state index >= 15 is 0 Å². The lowest BCUT2D eigenvalue weighted by Crippen LogP contribution is -2.38. The number of carbonyl (C=O) groups is 1. The minimum absolute atomic E-state index is 0.243. The van der Waals surface area contributed by atoms with E-state index in [0.717, 1.165) is 12.1 Å². The van der Waals surface area contributed by atoms with Crippen molar-refractivity contribution in [1.82, 2.24) is 4.72 Å². The maximum atomic E-state index is 13.6. The predicted octanol–water partition coefficient (Wildman–Crippen LogP) is 1.74. The summed E-state index contributed by atoms with van der Waals surface area (Å²) in [5.41, 5.74) is -0.785. The zero-order valence-corrected chi connectivity index (χ0v) is 13.7. The molecule has 0 aromatic heterocycles. The van der Waals surface area contributed by atoms with Gasteiger partial charge in [0.1, 0.15) is 0 Å². The largest absolute Gasteiger partial charge is 0.469 e. The van der Waals surface area contributed by atoms with Crippen LogP contribution in [-0.2, 0) is 19.6 Å². The molecule has 2 rings (SSSR count). The molecule has 8 nitrogen and oxygen atoms in total. The molecule has 132 valence electrons. The van der Waals surface area contributed by atoms with Gasteiger partial charge >= 0.3 is 11.7 Å². The summed E-state index contributed by atoms with van der Waals surface area (Å²) in [6, 6.07) is 2.05. The van der Waals surface area contributed by atoms with E-state index in [0.29, 0.717) is 31.7 Å². The van der Waals surface area contributed by atoms with Gasteiger partial charge in [0.05, 0.1) is 22.8 Å². The van der Waals surface area contributed by atoms with E-state index in [1.54, 1.807) is 0 Å². The van der Waals surface area contributed by atoms with Crippen LogP contribution < -0.4 is 4.72 Å². The van der Waals surface area contributed by atoms with Crippen LogP contribution in [0.4, 0.5) is 10.1 Å². The van der Waals surface area contributed by atoms with Gasteiger partial charge in [-0.25, -0.2) is 13.1 Å². The standard InChI is InChI=1S/C14H17FN2O6S/c1-23-14(18)9-2-4-10(5-3-9)16-24(21,22)11-6-7-13(17(19)20)12(15)8-11/h6-10,16H,2-5H2,1H3. The summed E-state index contributed by atoms with van der Waals surface area (Å²) in [7, 11) is -2.69. The van der Waals surface area contributed by atoms with E-state index in [2.05, 4.69) is 9.46 Å². The molecule has 1 aromatic carbocycles. The molecule has 1 saturated carbocycles. The van der Waals surface area contributed by atoms with Crippen molar-refractivity contribution in [3.05, 3.63) is 34.1 Å².